The van der Waals surface area contributed by atoms with Crippen LogP contribution in [0.1, 0.15) is 48.9 Å². The number of aryl methyl sites for hydroxylation is 2. The van der Waals surface area contributed by atoms with E-state index >= 15 is 0 Å². The summed E-state index contributed by atoms with van der Waals surface area (Å²) in [5, 5.41) is 6.88. The van der Waals surface area contributed by atoms with Gasteiger partial charge in [-0.3, -0.25) is 4.79 Å². The number of nitrogens with zero attached hydrogens (tertiary/aromatic N) is 1. The summed E-state index contributed by atoms with van der Waals surface area (Å²) >= 11 is 0. The van der Waals surface area contributed by atoms with Crippen LogP contribution in [0.5, 0.6) is 11.5 Å². The molecule has 2 rings (SSSR count). The Morgan fingerprint density at radius 2 is 2.08 bits per heavy atom. The predicted octanol–water partition coefficient (Wildman–Crippen LogP) is 3.51. The smallest absolute Gasteiger partial charge is 0.225 e. The first kappa shape index (κ1) is 18.8. The first-order chi connectivity index (χ1) is 12.0. The lowest BCUT2D eigenvalue weighted by molar-refractivity contribution is -0.121. The Bertz CT molecular complexity index is 705. The summed E-state index contributed by atoms with van der Waals surface area (Å²) in [7, 11) is 1.61. The van der Waals surface area contributed by atoms with E-state index in [0.29, 0.717) is 23.9 Å². The van der Waals surface area contributed by atoms with Crippen LogP contribution < -0.4 is 14.8 Å². The number of benzene rings is 1. The van der Waals surface area contributed by atoms with Crippen LogP contribution >= 0.6 is 0 Å². The molecule has 1 heterocycles. The van der Waals surface area contributed by atoms with Crippen molar-refractivity contribution in [1.29, 1.82) is 0 Å². The maximum atomic E-state index is 12.3. The van der Waals surface area contributed by atoms with Crippen molar-refractivity contribution >= 4 is 5.91 Å². The zero-order chi connectivity index (χ0) is 18.4. The topological polar surface area (TPSA) is 73.6 Å². The third-order valence-electron chi connectivity index (χ3n) is 4.05. The van der Waals surface area contributed by atoms with E-state index in [9.17, 15) is 4.79 Å². The lowest BCUT2D eigenvalue weighted by Crippen LogP contribution is -2.28. The van der Waals surface area contributed by atoms with Crippen molar-refractivity contribution in [3.05, 3.63) is 40.8 Å². The van der Waals surface area contributed by atoms with Crippen molar-refractivity contribution < 1.29 is 18.8 Å². The van der Waals surface area contributed by atoms with Gasteiger partial charge in [0, 0.05) is 5.56 Å². The fourth-order valence-corrected chi connectivity index (χ4v) is 2.58. The van der Waals surface area contributed by atoms with Gasteiger partial charge in [0.1, 0.15) is 5.76 Å². The van der Waals surface area contributed by atoms with Gasteiger partial charge in [0.15, 0.2) is 11.5 Å². The second-order valence-corrected chi connectivity index (χ2v) is 6.03. The fourth-order valence-electron chi connectivity index (χ4n) is 2.58. The molecular weight excluding hydrogens is 320 g/mol. The molecule has 1 aromatic heterocycles. The van der Waals surface area contributed by atoms with Crippen LogP contribution in [0.2, 0.25) is 0 Å². The Morgan fingerprint density at radius 1 is 1.32 bits per heavy atom. The lowest BCUT2D eigenvalue weighted by atomic mass is 10.1. The molecule has 1 N–H and O–H groups in total. The fraction of sp³-hybridized carbons (Fsp3) is 0.474. The highest BCUT2D eigenvalue weighted by Crippen LogP contribution is 2.30. The number of amides is 1. The molecule has 1 amide bonds. The number of hydrogen-bond acceptors (Lipinski definition) is 5. The van der Waals surface area contributed by atoms with E-state index in [1.54, 1.807) is 7.11 Å². The van der Waals surface area contributed by atoms with E-state index in [1.807, 2.05) is 39.0 Å². The third-order valence-corrected chi connectivity index (χ3v) is 4.05. The maximum Gasteiger partial charge on any atom is 0.225 e. The van der Waals surface area contributed by atoms with E-state index in [4.69, 9.17) is 14.0 Å². The molecule has 136 valence electrons. The number of rotatable bonds is 8. The summed E-state index contributed by atoms with van der Waals surface area (Å²) in [6.45, 7) is 8.28. The van der Waals surface area contributed by atoms with Crippen LogP contribution in [0.3, 0.4) is 0 Å². The largest absolute Gasteiger partial charge is 0.493 e. The van der Waals surface area contributed by atoms with E-state index in [0.717, 1.165) is 23.2 Å². The molecule has 0 aliphatic carbocycles. The number of carbonyl (C=O) groups excluding carboxylic acids is 1. The molecular formula is C19H26N2O4. The normalized spacial score (nSPS) is 11.9. The Hall–Kier alpha value is -2.50. The van der Waals surface area contributed by atoms with Gasteiger partial charge in [0.2, 0.25) is 5.91 Å². The molecule has 1 aromatic carbocycles. The second kappa shape index (κ2) is 8.55. The van der Waals surface area contributed by atoms with Gasteiger partial charge >= 0.3 is 0 Å². The Kier molecular flexibility index (Phi) is 6.44. The Balaban J connectivity index is 2.04. The van der Waals surface area contributed by atoms with Crippen molar-refractivity contribution in [1.82, 2.24) is 10.5 Å². The molecule has 0 bridgehead atoms. The number of nitrogens with one attached hydrogen (secondary N) is 1. The zero-order valence-electron chi connectivity index (χ0n) is 15.5. The van der Waals surface area contributed by atoms with Gasteiger partial charge in [0.25, 0.3) is 0 Å². The zero-order valence-corrected chi connectivity index (χ0v) is 15.5. The lowest BCUT2D eigenvalue weighted by Gasteiger charge is -2.17. The molecule has 6 heteroatoms. The van der Waals surface area contributed by atoms with Crippen LogP contribution in [-0.2, 0) is 11.2 Å². The van der Waals surface area contributed by atoms with Crippen LogP contribution in [0.25, 0.3) is 0 Å². The summed E-state index contributed by atoms with van der Waals surface area (Å²) in [5.74, 6) is 1.98. The molecule has 0 fully saturated rings. The van der Waals surface area contributed by atoms with Gasteiger partial charge in [-0.15, -0.1) is 0 Å². The third kappa shape index (κ3) is 4.75. The monoisotopic (exact) mass is 346 g/mol. The van der Waals surface area contributed by atoms with E-state index in [1.165, 1.54) is 0 Å². The average molecular weight is 346 g/mol. The highest BCUT2D eigenvalue weighted by Gasteiger charge is 2.17. The number of hydrogen-bond donors (Lipinski definition) is 1. The van der Waals surface area contributed by atoms with Crippen molar-refractivity contribution in [3.8, 4) is 11.5 Å². The minimum Gasteiger partial charge on any atom is -0.493 e. The molecule has 0 unspecified atom stereocenters. The highest BCUT2D eigenvalue weighted by molar-refractivity contribution is 5.79. The predicted molar refractivity (Wildman–Crippen MR) is 95.0 cm³/mol. The summed E-state index contributed by atoms with van der Waals surface area (Å²) in [6, 6.07) is 5.56. The standard InChI is InChI=1S/C19H26N2O4/c1-6-9-24-17-8-7-15(10-18(17)23-5)12(2)20-19(22)11-16-13(3)21-25-14(16)4/h7-8,10,12H,6,9,11H2,1-5H3,(H,20,22)/t12-/m0/s1. The average Bonchev–Trinajstić information content (AvgIpc) is 2.91. The SMILES string of the molecule is CCCOc1ccc([C@H](C)NC(=O)Cc2c(C)noc2C)cc1OC. The molecule has 6 nitrogen and oxygen atoms in total. The van der Waals surface area contributed by atoms with E-state index in [-0.39, 0.29) is 18.4 Å². The minimum atomic E-state index is -0.151. The Labute approximate surface area is 148 Å². The minimum absolute atomic E-state index is 0.0767. The molecule has 0 radical (unpaired) electrons. The molecule has 2 aromatic rings. The van der Waals surface area contributed by atoms with Crippen LogP contribution in [0.15, 0.2) is 22.7 Å². The summed E-state index contributed by atoms with van der Waals surface area (Å²) in [6.07, 6.45) is 1.18. The Morgan fingerprint density at radius 3 is 2.68 bits per heavy atom. The highest BCUT2D eigenvalue weighted by atomic mass is 16.5. The first-order valence-corrected chi connectivity index (χ1v) is 8.48. The van der Waals surface area contributed by atoms with Crippen LogP contribution in [0.4, 0.5) is 0 Å². The first-order valence-electron chi connectivity index (χ1n) is 8.48. The summed E-state index contributed by atoms with van der Waals surface area (Å²) < 4.78 is 16.2. The quantitative estimate of drug-likeness (QED) is 0.792. The molecule has 0 spiro atoms. The number of carbonyl (C=O) groups is 1. The van der Waals surface area contributed by atoms with Gasteiger partial charge in [0.05, 0.1) is 31.9 Å². The van der Waals surface area contributed by atoms with Gasteiger partial charge in [-0.1, -0.05) is 18.1 Å². The number of ether oxygens (including phenoxy) is 2. The molecule has 0 aliphatic heterocycles. The molecule has 0 aliphatic rings. The molecule has 0 saturated carbocycles. The van der Waals surface area contributed by atoms with Crippen molar-refractivity contribution in [2.24, 2.45) is 0 Å². The van der Waals surface area contributed by atoms with E-state index in [2.05, 4.69) is 17.4 Å². The van der Waals surface area contributed by atoms with Crippen molar-refractivity contribution in [3.63, 3.8) is 0 Å². The van der Waals surface area contributed by atoms with E-state index < -0.39 is 0 Å². The summed E-state index contributed by atoms with van der Waals surface area (Å²) in [4.78, 5) is 12.3. The van der Waals surface area contributed by atoms with Gasteiger partial charge in [-0.05, 0) is 44.9 Å². The van der Waals surface area contributed by atoms with Gasteiger partial charge in [-0.25, -0.2) is 0 Å². The van der Waals surface area contributed by atoms with Crippen LogP contribution in [0, 0.1) is 13.8 Å². The maximum absolute atomic E-state index is 12.3. The van der Waals surface area contributed by atoms with Gasteiger partial charge in [-0.2, -0.15) is 0 Å². The number of methoxy groups -OCH3 is 1. The molecule has 0 saturated heterocycles. The van der Waals surface area contributed by atoms with Crippen molar-refractivity contribution in [2.45, 2.75) is 46.6 Å². The molecule has 1 atom stereocenters. The number of aromatic nitrogens is 1. The molecule has 25 heavy (non-hydrogen) atoms. The second-order valence-electron chi connectivity index (χ2n) is 6.03. The van der Waals surface area contributed by atoms with Crippen molar-refractivity contribution in [2.75, 3.05) is 13.7 Å². The van der Waals surface area contributed by atoms with Crippen LogP contribution in [-0.4, -0.2) is 24.8 Å². The summed E-state index contributed by atoms with van der Waals surface area (Å²) in [5.41, 5.74) is 2.54. The van der Waals surface area contributed by atoms with Gasteiger partial charge < -0.3 is 19.3 Å².